The average Bonchev–Trinajstić information content (AvgIpc) is 2.86. The first-order chi connectivity index (χ1) is 17.8. The van der Waals surface area contributed by atoms with E-state index in [0.29, 0.717) is 30.3 Å². The summed E-state index contributed by atoms with van der Waals surface area (Å²) >= 11 is 12.8. The summed E-state index contributed by atoms with van der Waals surface area (Å²) in [6, 6.07) is 17.4. The Balaban J connectivity index is 1.47. The maximum atomic E-state index is 12.0. The van der Waals surface area contributed by atoms with Crippen LogP contribution in [0.25, 0.3) is 6.08 Å². The topological polar surface area (TPSA) is 103 Å². The molecule has 3 aromatic rings. The lowest BCUT2D eigenvalue weighted by Gasteiger charge is -2.16. The number of urea groups is 1. The maximum Gasteiger partial charge on any atom is 0.328 e. The fourth-order valence-electron chi connectivity index (χ4n) is 3.49. The summed E-state index contributed by atoms with van der Waals surface area (Å²) < 4.78 is 17.6. The molecule has 2 N–H and O–H groups in total. The van der Waals surface area contributed by atoms with Crippen molar-refractivity contribution >= 4 is 47.1 Å². The van der Waals surface area contributed by atoms with E-state index in [1.165, 1.54) is 18.2 Å². The van der Waals surface area contributed by atoms with Crippen molar-refractivity contribution in [2.45, 2.75) is 20.1 Å². The second kappa shape index (κ2) is 11.8. The number of hydrogen-bond acceptors (Lipinski definition) is 6. The molecule has 190 valence electrons. The van der Waals surface area contributed by atoms with Gasteiger partial charge in [-0.1, -0.05) is 59.6 Å². The molecule has 0 spiro atoms. The van der Waals surface area contributed by atoms with Gasteiger partial charge in [-0.2, -0.15) is 0 Å². The fraction of sp³-hybridized carbons (Fsp3) is 0.148. The van der Waals surface area contributed by atoms with Gasteiger partial charge in [-0.05, 0) is 54.0 Å². The molecule has 3 aromatic carbocycles. The Morgan fingerprint density at radius 2 is 1.41 bits per heavy atom. The molecule has 8 nitrogen and oxygen atoms in total. The zero-order valence-corrected chi connectivity index (χ0v) is 21.2. The van der Waals surface area contributed by atoms with Crippen LogP contribution >= 0.6 is 23.2 Å². The highest BCUT2D eigenvalue weighted by molar-refractivity contribution is 6.37. The molecule has 1 heterocycles. The number of imide groups is 2. The number of nitrogens with one attached hydrogen (secondary N) is 2. The minimum Gasteiger partial charge on any atom is -0.490 e. The van der Waals surface area contributed by atoms with Crippen molar-refractivity contribution in [3.8, 4) is 17.2 Å². The monoisotopic (exact) mass is 540 g/mol. The summed E-state index contributed by atoms with van der Waals surface area (Å²) in [4.78, 5) is 35.1. The fourth-order valence-corrected chi connectivity index (χ4v) is 4.11. The van der Waals surface area contributed by atoms with Crippen molar-refractivity contribution < 1.29 is 28.6 Å². The van der Waals surface area contributed by atoms with Crippen LogP contribution in [-0.4, -0.2) is 24.5 Å². The van der Waals surface area contributed by atoms with Gasteiger partial charge < -0.3 is 14.2 Å². The number of barbiturate groups is 1. The Labute approximate surface area is 223 Å². The molecular weight excluding hydrogens is 519 g/mol. The van der Waals surface area contributed by atoms with Gasteiger partial charge in [0.05, 0.1) is 16.7 Å². The van der Waals surface area contributed by atoms with E-state index in [4.69, 9.17) is 37.4 Å². The number of amides is 4. The number of halogens is 2. The summed E-state index contributed by atoms with van der Waals surface area (Å²) in [7, 11) is 0. The van der Waals surface area contributed by atoms with Crippen LogP contribution in [0.1, 0.15) is 23.6 Å². The predicted octanol–water partition coefficient (Wildman–Crippen LogP) is 5.30. The Morgan fingerprint density at radius 1 is 0.757 bits per heavy atom. The molecule has 1 aliphatic rings. The van der Waals surface area contributed by atoms with Crippen LogP contribution in [-0.2, 0) is 22.8 Å². The Hall–Kier alpha value is -4.01. The third kappa shape index (κ3) is 6.61. The highest BCUT2D eigenvalue weighted by Gasteiger charge is 2.27. The molecule has 0 bridgehead atoms. The van der Waals surface area contributed by atoms with E-state index in [1.807, 2.05) is 66.1 Å². The third-order valence-corrected chi connectivity index (χ3v) is 5.76. The summed E-state index contributed by atoms with van der Waals surface area (Å²) in [5.41, 5.74) is 1.97. The Kier molecular flexibility index (Phi) is 8.32. The highest BCUT2D eigenvalue weighted by atomic mass is 35.5. The summed E-state index contributed by atoms with van der Waals surface area (Å²) in [6.45, 7) is 2.90. The van der Waals surface area contributed by atoms with Gasteiger partial charge in [-0.3, -0.25) is 20.2 Å². The van der Waals surface area contributed by atoms with Crippen LogP contribution < -0.4 is 24.8 Å². The molecule has 1 aliphatic heterocycles. The lowest BCUT2D eigenvalue weighted by atomic mass is 10.1. The smallest absolute Gasteiger partial charge is 0.328 e. The van der Waals surface area contributed by atoms with E-state index in [2.05, 4.69) is 0 Å². The quantitative estimate of drug-likeness (QED) is 0.282. The van der Waals surface area contributed by atoms with Crippen molar-refractivity contribution in [2.24, 2.45) is 0 Å². The van der Waals surface area contributed by atoms with E-state index in [1.54, 1.807) is 0 Å². The maximum absolute atomic E-state index is 12.0. The van der Waals surface area contributed by atoms with E-state index >= 15 is 0 Å². The van der Waals surface area contributed by atoms with E-state index in [0.717, 1.165) is 11.1 Å². The molecule has 0 saturated carbocycles. The van der Waals surface area contributed by atoms with Gasteiger partial charge in [0.15, 0.2) is 17.2 Å². The minimum atomic E-state index is -0.879. The standard InChI is InChI=1S/C27H22Cl2N2O6/c1-2-35-23-13-17(8-9-22(23)36-14-16-6-4-3-5-7-16)15-37-24-20(28)11-18(12-21(24)29)10-19-25(32)30-27(34)31-26(19)33/h3-13H,2,14-15H2,1H3,(H2,30,31,32,33,34). The van der Waals surface area contributed by atoms with E-state index < -0.39 is 17.8 Å². The molecule has 1 saturated heterocycles. The number of ether oxygens (including phenoxy) is 3. The summed E-state index contributed by atoms with van der Waals surface area (Å²) in [5.74, 6) is -0.201. The van der Waals surface area contributed by atoms with Crippen LogP contribution in [0.15, 0.2) is 66.2 Å². The van der Waals surface area contributed by atoms with E-state index in [9.17, 15) is 14.4 Å². The van der Waals surface area contributed by atoms with Gasteiger partial charge in [-0.25, -0.2) is 4.79 Å². The molecule has 4 rings (SSSR count). The van der Waals surface area contributed by atoms with Crippen molar-refractivity contribution in [1.82, 2.24) is 10.6 Å². The van der Waals surface area contributed by atoms with Crippen LogP contribution in [0, 0.1) is 0 Å². The van der Waals surface area contributed by atoms with Gasteiger partial charge in [0, 0.05) is 0 Å². The molecule has 10 heteroatoms. The zero-order valence-electron chi connectivity index (χ0n) is 19.7. The number of benzene rings is 3. The van der Waals surface area contributed by atoms with Crippen LogP contribution in [0.5, 0.6) is 17.2 Å². The molecule has 37 heavy (non-hydrogen) atoms. The lowest BCUT2D eigenvalue weighted by molar-refractivity contribution is -0.123. The SMILES string of the molecule is CCOc1cc(COc2c(Cl)cc(C=C3C(=O)NC(=O)NC3=O)cc2Cl)ccc1OCc1ccccc1. The first-order valence-corrected chi connectivity index (χ1v) is 12.0. The second-order valence-electron chi connectivity index (χ2n) is 7.89. The molecule has 0 unspecified atom stereocenters. The number of carbonyl (C=O) groups is 3. The van der Waals surface area contributed by atoms with E-state index in [-0.39, 0.29) is 28.0 Å². The largest absolute Gasteiger partial charge is 0.490 e. The number of rotatable bonds is 9. The highest BCUT2D eigenvalue weighted by Crippen LogP contribution is 2.36. The summed E-state index contributed by atoms with van der Waals surface area (Å²) in [5, 5.41) is 4.37. The van der Waals surface area contributed by atoms with Crippen molar-refractivity contribution in [3.05, 3.63) is 93.0 Å². The third-order valence-electron chi connectivity index (χ3n) is 5.20. The van der Waals surface area contributed by atoms with Crippen molar-refractivity contribution in [1.29, 1.82) is 0 Å². The zero-order chi connectivity index (χ0) is 26.4. The van der Waals surface area contributed by atoms with Crippen LogP contribution in [0.3, 0.4) is 0 Å². The molecule has 0 aromatic heterocycles. The van der Waals surface area contributed by atoms with Gasteiger partial charge in [0.25, 0.3) is 11.8 Å². The molecule has 0 atom stereocenters. The average molecular weight is 541 g/mol. The number of carbonyl (C=O) groups excluding carboxylic acids is 3. The Morgan fingerprint density at radius 3 is 2.05 bits per heavy atom. The molecule has 1 fully saturated rings. The molecular formula is C27H22Cl2N2O6. The normalized spacial score (nSPS) is 13.1. The van der Waals surface area contributed by atoms with Gasteiger partial charge >= 0.3 is 6.03 Å². The van der Waals surface area contributed by atoms with Gasteiger partial charge in [0.1, 0.15) is 18.8 Å². The molecule has 4 amide bonds. The lowest BCUT2D eigenvalue weighted by Crippen LogP contribution is -2.51. The second-order valence-corrected chi connectivity index (χ2v) is 8.70. The Bertz CT molecular complexity index is 1330. The van der Waals surface area contributed by atoms with Crippen LogP contribution in [0.4, 0.5) is 4.79 Å². The minimum absolute atomic E-state index is 0.145. The van der Waals surface area contributed by atoms with Gasteiger partial charge in [-0.15, -0.1) is 0 Å². The first kappa shape index (κ1) is 26.1. The van der Waals surface area contributed by atoms with Crippen molar-refractivity contribution in [3.63, 3.8) is 0 Å². The molecule has 0 aliphatic carbocycles. The summed E-state index contributed by atoms with van der Waals surface area (Å²) in [6.07, 6.45) is 1.28. The first-order valence-electron chi connectivity index (χ1n) is 11.3. The number of hydrogen-bond donors (Lipinski definition) is 2. The van der Waals surface area contributed by atoms with Crippen LogP contribution in [0.2, 0.25) is 10.0 Å². The molecule has 0 radical (unpaired) electrons. The van der Waals surface area contributed by atoms with Crippen molar-refractivity contribution in [2.75, 3.05) is 6.61 Å². The van der Waals surface area contributed by atoms with Gasteiger partial charge in [0.2, 0.25) is 0 Å². The predicted molar refractivity (Wildman–Crippen MR) is 139 cm³/mol.